The fourth-order valence-electron chi connectivity index (χ4n) is 1.34. The molecule has 0 saturated heterocycles. The molecule has 1 amide bonds. The second-order valence-electron chi connectivity index (χ2n) is 3.63. The van der Waals surface area contributed by atoms with Crippen molar-refractivity contribution in [2.45, 2.75) is 0 Å². The topological polar surface area (TPSA) is 74.8 Å². The molecule has 20 heavy (non-hydrogen) atoms. The molecule has 5 nitrogen and oxygen atoms in total. The lowest BCUT2D eigenvalue weighted by atomic mass is 10.2. The highest BCUT2D eigenvalue weighted by Gasteiger charge is 2.09. The van der Waals surface area contributed by atoms with E-state index in [1.165, 1.54) is 12.3 Å². The number of amides is 1. The van der Waals surface area contributed by atoms with E-state index in [0.717, 1.165) is 4.47 Å². The van der Waals surface area contributed by atoms with E-state index < -0.39 is 5.91 Å². The van der Waals surface area contributed by atoms with Gasteiger partial charge in [0.15, 0.2) is 10.4 Å². The minimum absolute atomic E-state index is 0.0342. The molecular formula is C12H7Br3N2O3. The minimum atomic E-state index is -0.486. The van der Waals surface area contributed by atoms with Gasteiger partial charge >= 0.3 is 5.91 Å². The number of phenols is 1. The Morgan fingerprint density at radius 2 is 2.05 bits per heavy atom. The van der Waals surface area contributed by atoms with Crippen LogP contribution < -0.4 is 5.43 Å². The van der Waals surface area contributed by atoms with Gasteiger partial charge in [-0.1, -0.05) is 15.9 Å². The van der Waals surface area contributed by atoms with E-state index >= 15 is 0 Å². The zero-order chi connectivity index (χ0) is 14.7. The van der Waals surface area contributed by atoms with E-state index in [4.69, 9.17) is 4.42 Å². The van der Waals surface area contributed by atoms with Crippen LogP contribution in [0.2, 0.25) is 0 Å². The zero-order valence-corrected chi connectivity index (χ0v) is 14.5. The van der Waals surface area contributed by atoms with Crippen LogP contribution in [0.5, 0.6) is 5.75 Å². The van der Waals surface area contributed by atoms with Crippen molar-refractivity contribution < 1.29 is 14.3 Å². The number of aromatic hydroxyl groups is 1. The molecule has 1 aromatic heterocycles. The van der Waals surface area contributed by atoms with Crippen LogP contribution in [0.3, 0.4) is 0 Å². The number of nitrogens with one attached hydrogen (secondary N) is 1. The second kappa shape index (κ2) is 6.55. The van der Waals surface area contributed by atoms with Gasteiger partial charge in [-0.15, -0.1) is 0 Å². The lowest BCUT2D eigenvalue weighted by Gasteiger charge is -2.02. The van der Waals surface area contributed by atoms with Gasteiger partial charge < -0.3 is 9.52 Å². The molecule has 0 spiro atoms. The molecule has 0 aliphatic heterocycles. The number of hydrazone groups is 1. The van der Waals surface area contributed by atoms with Crippen LogP contribution in [0.4, 0.5) is 0 Å². The molecule has 1 aromatic carbocycles. The summed E-state index contributed by atoms with van der Waals surface area (Å²) in [6.45, 7) is 0. The highest BCUT2D eigenvalue weighted by atomic mass is 79.9. The summed E-state index contributed by atoms with van der Waals surface area (Å²) in [5.74, 6) is -0.318. The first kappa shape index (κ1) is 15.3. The van der Waals surface area contributed by atoms with Gasteiger partial charge in [0.25, 0.3) is 0 Å². The van der Waals surface area contributed by atoms with Gasteiger partial charge in [0.1, 0.15) is 5.75 Å². The quantitative estimate of drug-likeness (QED) is 0.529. The van der Waals surface area contributed by atoms with Gasteiger partial charge in [0.05, 0.1) is 10.7 Å². The molecule has 104 valence electrons. The van der Waals surface area contributed by atoms with E-state index in [1.54, 1.807) is 18.2 Å². The Kier molecular flexibility index (Phi) is 5.00. The summed E-state index contributed by atoms with van der Waals surface area (Å²) in [7, 11) is 0. The maximum Gasteiger partial charge on any atom is 0.307 e. The van der Waals surface area contributed by atoms with E-state index in [0.29, 0.717) is 14.7 Å². The number of benzene rings is 1. The number of hydrogen-bond donors (Lipinski definition) is 2. The van der Waals surface area contributed by atoms with Crippen LogP contribution >= 0.6 is 47.8 Å². The number of carbonyl (C=O) groups excluding carboxylic acids is 1. The van der Waals surface area contributed by atoms with E-state index in [-0.39, 0.29) is 11.5 Å². The highest BCUT2D eigenvalue weighted by molar-refractivity contribution is 9.11. The number of carbonyl (C=O) groups is 1. The predicted molar refractivity (Wildman–Crippen MR) is 85.0 cm³/mol. The molecule has 0 atom stereocenters. The second-order valence-corrected chi connectivity index (χ2v) is 6.18. The molecule has 0 fully saturated rings. The smallest absolute Gasteiger partial charge is 0.307 e. The number of phenolic OH excluding ortho intramolecular Hbond substituents is 1. The molecule has 0 radical (unpaired) electrons. The Bertz CT molecular complexity index is 683. The van der Waals surface area contributed by atoms with Crippen molar-refractivity contribution >= 4 is 59.9 Å². The van der Waals surface area contributed by atoms with Gasteiger partial charge in [-0.05, 0) is 56.1 Å². The molecule has 0 aliphatic rings. The molecule has 0 bridgehead atoms. The maximum atomic E-state index is 11.6. The summed E-state index contributed by atoms with van der Waals surface area (Å²) >= 11 is 9.61. The molecule has 2 aromatic rings. The van der Waals surface area contributed by atoms with Crippen LogP contribution in [-0.4, -0.2) is 17.2 Å². The maximum absolute atomic E-state index is 11.6. The van der Waals surface area contributed by atoms with Crippen molar-refractivity contribution in [1.82, 2.24) is 5.43 Å². The highest BCUT2D eigenvalue weighted by Crippen LogP contribution is 2.30. The Morgan fingerprint density at radius 1 is 1.30 bits per heavy atom. The summed E-state index contributed by atoms with van der Waals surface area (Å²) in [6.07, 6.45) is 1.33. The fraction of sp³-hybridized carbons (Fsp3) is 0. The Morgan fingerprint density at radius 3 is 2.70 bits per heavy atom. The molecular weight excluding hydrogens is 460 g/mol. The molecule has 0 saturated carbocycles. The van der Waals surface area contributed by atoms with Crippen molar-refractivity contribution in [3.05, 3.63) is 49.2 Å². The lowest BCUT2D eigenvalue weighted by Crippen LogP contribution is -2.16. The summed E-state index contributed by atoms with van der Waals surface area (Å²) in [4.78, 5) is 11.6. The van der Waals surface area contributed by atoms with Crippen molar-refractivity contribution in [3.8, 4) is 5.75 Å². The first-order valence-electron chi connectivity index (χ1n) is 5.24. The van der Waals surface area contributed by atoms with Crippen LogP contribution in [0.1, 0.15) is 16.1 Å². The third-order valence-corrected chi connectivity index (χ3v) is 3.71. The standard InChI is InChI=1S/C12H7Br3N2O3/c13-7-3-6(11(18)8(14)4-7)5-16-17-12(19)9-1-2-10(15)20-9/h1-5,18H,(H,17,19)/b16-5+. The van der Waals surface area contributed by atoms with E-state index in [1.807, 2.05) is 0 Å². The van der Waals surface area contributed by atoms with Gasteiger partial charge in [-0.2, -0.15) is 5.10 Å². The normalized spacial score (nSPS) is 10.9. The first-order valence-corrected chi connectivity index (χ1v) is 7.62. The largest absolute Gasteiger partial charge is 0.506 e. The Balaban J connectivity index is 2.09. The van der Waals surface area contributed by atoms with Gasteiger partial charge in [0, 0.05) is 10.0 Å². The Hall–Kier alpha value is -1.12. The predicted octanol–water partition coefficient (Wildman–Crippen LogP) is 4.04. The molecule has 0 unspecified atom stereocenters. The number of rotatable bonds is 3. The van der Waals surface area contributed by atoms with Crippen molar-refractivity contribution in [3.63, 3.8) is 0 Å². The molecule has 2 N–H and O–H groups in total. The third kappa shape index (κ3) is 3.71. The molecule has 8 heteroatoms. The monoisotopic (exact) mass is 464 g/mol. The van der Waals surface area contributed by atoms with E-state index in [2.05, 4.69) is 58.3 Å². The summed E-state index contributed by atoms with van der Waals surface area (Å²) < 4.78 is 6.83. The Labute approximate surface area is 139 Å². The average molecular weight is 467 g/mol. The zero-order valence-electron chi connectivity index (χ0n) is 9.73. The average Bonchev–Trinajstić information content (AvgIpc) is 2.81. The van der Waals surface area contributed by atoms with Gasteiger partial charge in [0.2, 0.25) is 0 Å². The summed E-state index contributed by atoms with van der Waals surface area (Å²) in [5, 5.41) is 13.6. The minimum Gasteiger partial charge on any atom is -0.506 e. The van der Waals surface area contributed by atoms with Crippen LogP contribution in [0.25, 0.3) is 0 Å². The van der Waals surface area contributed by atoms with Crippen LogP contribution in [-0.2, 0) is 0 Å². The van der Waals surface area contributed by atoms with Gasteiger partial charge in [-0.25, -0.2) is 5.43 Å². The number of furan rings is 1. The number of nitrogens with zero attached hydrogens (tertiary/aromatic N) is 1. The third-order valence-electron chi connectivity index (χ3n) is 2.22. The SMILES string of the molecule is O=C(N/N=C/c1cc(Br)cc(Br)c1O)c1ccc(Br)o1. The van der Waals surface area contributed by atoms with Crippen molar-refractivity contribution in [1.29, 1.82) is 0 Å². The first-order chi connectivity index (χ1) is 9.47. The number of halogens is 3. The van der Waals surface area contributed by atoms with Crippen LogP contribution in [0.15, 0.2) is 47.4 Å². The number of hydrogen-bond acceptors (Lipinski definition) is 4. The molecule has 1 heterocycles. The van der Waals surface area contributed by atoms with Crippen molar-refractivity contribution in [2.24, 2.45) is 5.10 Å². The van der Waals surface area contributed by atoms with E-state index in [9.17, 15) is 9.90 Å². The molecule has 2 rings (SSSR count). The lowest BCUT2D eigenvalue weighted by molar-refractivity contribution is 0.0926. The summed E-state index contributed by atoms with van der Waals surface area (Å²) in [5.41, 5.74) is 2.75. The fourth-order valence-corrected chi connectivity index (χ4v) is 2.90. The van der Waals surface area contributed by atoms with Crippen molar-refractivity contribution in [2.75, 3.05) is 0 Å². The molecule has 0 aliphatic carbocycles. The van der Waals surface area contributed by atoms with Crippen LogP contribution in [0, 0.1) is 0 Å². The van der Waals surface area contributed by atoms with Gasteiger partial charge in [-0.3, -0.25) is 4.79 Å². The summed E-state index contributed by atoms with van der Waals surface area (Å²) in [6, 6.07) is 6.49.